The monoisotopic (exact) mass is 302 g/mol. The van der Waals surface area contributed by atoms with Gasteiger partial charge < -0.3 is 19.7 Å². The summed E-state index contributed by atoms with van der Waals surface area (Å²) in [6, 6.07) is 10.8. The number of phenolic OH excluding ortho intramolecular Hbond substituents is 2. The molecule has 0 saturated carbocycles. The van der Waals surface area contributed by atoms with Crippen molar-refractivity contribution in [3.05, 3.63) is 47.5 Å². The lowest BCUT2D eigenvalue weighted by atomic mass is 9.88. The zero-order valence-electron chi connectivity index (χ0n) is 13.2. The van der Waals surface area contributed by atoms with Gasteiger partial charge in [0.1, 0.15) is 0 Å². The van der Waals surface area contributed by atoms with E-state index in [2.05, 4.69) is 6.92 Å². The molecule has 4 nitrogen and oxygen atoms in total. The van der Waals surface area contributed by atoms with Crippen LogP contribution in [0.3, 0.4) is 0 Å². The summed E-state index contributed by atoms with van der Waals surface area (Å²) in [7, 11) is 1.52. The number of hydrogen-bond donors (Lipinski definition) is 2. The van der Waals surface area contributed by atoms with E-state index >= 15 is 0 Å². The Morgan fingerprint density at radius 3 is 2.45 bits per heavy atom. The van der Waals surface area contributed by atoms with Crippen LogP contribution >= 0.6 is 0 Å². The van der Waals surface area contributed by atoms with Crippen molar-refractivity contribution in [2.45, 2.75) is 26.2 Å². The fourth-order valence-electron chi connectivity index (χ4n) is 2.64. The highest BCUT2D eigenvalue weighted by Crippen LogP contribution is 2.41. The molecule has 1 atom stereocenters. The number of phenols is 2. The van der Waals surface area contributed by atoms with E-state index in [4.69, 9.17) is 9.47 Å². The third-order valence-electron chi connectivity index (χ3n) is 3.72. The van der Waals surface area contributed by atoms with Gasteiger partial charge in [0.2, 0.25) is 0 Å². The lowest BCUT2D eigenvalue weighted by Crippen LogP contribution is -2.02. The summed E-state index contributed by atoms with van der Waals surface area (Å²) >= 11 is 0. The topological polar surface area (TPSA) is 58.9 Å². The van der Waals surface area contributed by atoms with Crippen molar-refractivity contribution < 1.29 is 19.7 Å². The summed E-state index contributed by atoms with van der Waals surface area (Å²) in [4.78, 5) is 0. The van der Waals surface area contributed by atoms with Crippen molar-refractivity contribution in [3.8, 4) is 23.0 Å². The second-order valence-corrected chi connectivity index (χ2v) is 5.02. The Labute approximate surface area is 130 Å². The Kier molecular flexibility index (Phi) is 5.15. The molecular formula is C18H22O4. The number of aromatic hydroxyl groups is 2. The number of methoxy groups -OCH3 is 1. The van der Waals surface area contributed by atoms with Gasteiger partial charge in [0.05, 0.1) is 13.7 Å². The minimum absolute atomic E-state index is 0.00472. The second-order valence-electron chi connectivity index (χ2n) is 5.02. The van der Waals surface area contributed by atoms with Crippen LogP contribution in [-0.4, -0.2) is 23.9 Å². The van der Waals surface area contributed by atoms with Crippen LogP contribution in [0.25, 0.3) is 0 Å². The van der Waals surface area contributed by atoms with E-state index in [-0.39, 0.29) is 17.4 Å². The average molecular weight is 302 g/mol. The summed E-state index contributed by atoms with van der Waals surface area (Å²) in [6.45, 7) is 4.44. The zero-order valence-corrected chi connectivity index (χ0v) is 13.2. The normalized spacial score (nSPS) is 12.0. The molecule has 22 heavy (non-hydrogen) atoms. The Balaban J connectivity index is 2.46. The standard InChI is InChI=1S/C18H22O4/c1-4-13(12-9-10-15(19)17(11-12)21-3)14-7-6-8-16(18(14)20)22-5-2/h6-11,13,19-20H,4-5H2,1-3H3. The smallest absolute Gasteiger partial charge is 0.161 e. The first-order chi connectivity index (χ1) is 10.6. The molecule has 0 aliphatic heterocycles. The van der Waals surface area contributed by atoms with Gasteiger partial charge in [0.25, 0.3) is 0 Å². The van der Waals surface area contributed by atoms with Crippen LogP contribution in [-0.2, 0) is 0 Å². The third kappa shape index (κ3) is 3.11. The van der Waals surface area contributed by atoms with Gasteiger partial charge in [-0.2, -0.15) is 0 Å². The van der Waals surface area contributed by atoms with Gasteiger partial charge >= 0.3 is 0 Å². The number of rotatable bonds is 6. The molecule has 118 valence electrons. The predicted molar refractivity (Wildman–Crippen MR) is 86.1 cm³/mol. The molecule has 2 N–H and O–H groups in total. The fourth-order valence-corrected chi connectivity index (χ4v) is 2.64. The van der Waals surface area contributed by atoms with Crippen LogP contribution in [0.15, 0.2) is 36.4 Å². The quantitative estimate of drug-likeness (QED) is 0.845. The lowest BCUT2D eigenvalue weighted by molar-refractivity contribution is 0.316. The maximum absolute atomic E-state index is 10.5. The second kappa shape index (κ2) is 7.07. The maximum atomic E-state index is 10.5. The Bertz CT molecular complexity index is 637. The Morgan fingerprint density at radius 1 is 1.05 bits per heavy atom. The molecule has 0 aliphatic carbocycles. The molecule has 0 radical (unpaired) electrons. The highest BCUT2D eigenvalue weighted by atomic mass is 16.5. The Morgan fingerprint density at radius 2 is 1.82 bits per heavy atom. The highest BCUT2D eigenvalue weighted by Gasteiger charge is 2.19. The molecule has 4 heteroatoms. The van der Waals surface area contributed by atoms with Gasteiger partial charge in [-0.3, -0.25) is 0 Å². The van der Waals surface area contributed by atoms with Gasteiger partial charge in [-0.05, 0) is 37.1 Å². The summed E-state index contributed by atoms with van der Waals surface area (Å²) in [5.41, 5.74) is 1.78. The predicted octanol–water partition coefficient (Wildman–Crippen LogP) is 4.05. The lowest BCUT2D eigenvalue weighted by Gasteiger charge is -2.20. The van der Waals surface area contributed by atoms with E-state index in [1.807, 2.05) is 25.1 Å². The first kappa shape index (κ1) is 16.0. The molecule has 0 bridgehead atoms. The molecule has 0 heterocycles. The van der Waals surface area contributed by atoms with Crippen molar-refractivity contribution in [1.29, 1.82) is 0 Å². The van der Waals surface area contributed by atoms with E-state index in [0.717, 1.165) is 17.5 Å². The van der Waals surface area contributed by atoms with Crippen LogP contribution in [0, 0.1) is 0 Å². The minimum atomic E-state index is -0.00472. The third-order valence-corrected chi connectivity index (χ3v) is 3.72. The minimum Gasteiger partial charge on any atom is -0.504 e. The summed E-state index contributed by atoms with van der Waals surface area (Å²) in [5, 5.41) is 20.2. The van der Waals surface area contributed by atoms with Gasteiger partial charge in [-0.1, -0.05) is 25.1 Å². The molecule has 2 aromatic rings. The first-order valence-electron chi connectivity index (χ1n) is 7.43. The van der Waals surface area contributed by atoms with E-state index < -0.39 is 0 Å². The molecule has 0 spiro atoms. The van der Waals surface area contributed by atoms with Crippen molar-refractivity contribution in [1.82, 2.24) is 0 Å². The fraction of sp³-hybridized carbons (Fsp3) is 0.333. The Hall–Kier alpha value is -2.36. The largest absolute Gasteiger partial charge is 0.504 e. The molecule has 0 aliphatic rings. The first-order valence-corrected chi connectivity index (χ1v) is 7.43. The number of para-hydroxylation sites is 1. The number of ether oxygens (including phenoxy) is 2. The summed E-state index contributed by atoms with van der Waals surface area (Å²) in [6.07, 6.45) is 0.803. The molecule has 0 aromatic heterocycles. The van der Waals surface area contributed by atoms with E-state index in [9.17, 15) is 10.2 Å². The van der Waals surface area contributed by atoms with Crippen LogP contribution in [0.1, 0.15) is 37.3 Å². The van der Waals surface area contributed by atoms with Crippen LogP contribution in [0.2, 0.25) is 0 Å². The molecule has 0 saturated heterocycles. The van der Waals surface area contributed by atoms with Crippen molar-refractivity contribution in [2.75, 3.05) is 13.7 Å². The number of benzene rings is 2. The van der Waals surface area contributed by atoms with Crippen molar-refractivity contribution in [2.24, 2.45) is 0 Å². The van der Waals surface area contributed by atoms with Gasteiger partial charge in [-0.25, -0.2) is 0 Å². The molecular weight excluding hydrogens is 280 g/mol. The highest BCUT2D eigenvalue weighted by molar-refractivity contribution is 5.52. The van der Waals surface area contributed by atoms with Gasteiger partial charge in [0, 0.05) is 11.5 Å². The number of hydrogen-bond acceptors (Lipinski definition) is 4. The van der Waals surface area contributed by atoms with Gasteiger partial charge in [-0.15, -0.1) is 0 Å². The summed E-state index contributed by atoms with van der Waals surface area (Å²) in [5.74, 6) is 1.19. The van der Waals surface area contributed by atoms with Crippen LogP contribution < -0.4 is 9.47 Å². The maximum Gasteiger partial charge on any atom is 0.161 e. The van der Waals surface area contributed by atoms with Crippen molar-refractivity contribution in [3.63, 3.8) is 0 Å². The SMILES string of the molecule is CCOc1cccc(C(CC)c2ccc(O)c(OC)c2)c1O. The molecule has 1 unspecified atom stereocenters. The van der Waals surface area contributed by atoms with E-state index in [1.54, 1.807) is 18.2 Å². The van der Waals surface area contributed by atoms with Gasteiger partial charge in [0.15, 0.2) is 23.0 Å². The summed E-state index contributed by atoms with van der Waals surface area (Å²) < 4.78 is 10.6. The molecule has 2 aromatic carbocycles. The molecule has 0 amide bonds. The van der Waals surface area contributed by atoms with Crippen molar-refractivity contribution >= 4 is 0 Å². The van der Waals surface area contributed by atoms with Crippen LogP contribution in [0.4, 0.5) is 0 Å². The van der Waals surface area contributed by atoms with Crippen LogP contribution in [0.5, 0.6) is 23.0 Å². The average Bonchev–Trinajstić information content (AvgIpc) is 2.53. The van der Waals surface area contributed by atoms with E-state index in [1.165, 1.54) is 7.11 Å². The molecule has 0 fully saturated rings. The molecule has 2 rings (SSSR count). The van der Waals surface area contributed by atoms with E-state index in [0.29, 0.717) is 18.1 Å². The zero-order chi connectivity index (χ0) is 16.1.